The van der Waals surface area contributed by atoms with Crippen LogP contribution in [0.5, 0.6) is 0 Å². The first-order chi connectivity index (χ1) is 7.00. The zero-order chi connectivity index (χ0) is 11.4. The van der Waals surface area contributed by atoms with Crippen molar-refractivity contribution in [1.82, 2.24) is 0 Å². The van der Waals surface area contributed by atoms with Crippen molar-refractivity contribution in [1.29, 1.82) is 0 Å². The van der Waals surface area contributed by atoms with Crippen molar-refractivity contribution in [3.8, 4) is 0 Å². The normalized spacial score (nSPS) is 11.5. The summed E-state index contributed by atoms with van der Waals surface area (Å²) in [5, 5.41) is 8.57. The van der Waals surface area contributed by atoms with E-state index in [1.807, 2.05) is 32.0 Å². The number of carbonyl (C=O) groups is 1. The van der Waals surface area contributed by atoms with E-state index in [1.165, 1.54) is 5.56 Å². The summed E-state index contributed by atoms with van der Waals surface area (Å²) in [4.78, 5) is 10.4. The number of rotatable bonds is 3. The van der Waals surface area contributed by atoms with E-state index < -0.39 is 5.97 Å². The Morgan fingerprint density at radius 1 is 1.53 bits per heavy atom. The van der Waals surface area contributed by atoms with Gasteiger partial charge in [-0.15, -0.1) is 0 Å². The minimum absolute atomic E-state index is 0.0617. The van der Waals surface area contributed by atoms with Crippen molar-refractivity contribution >= 4 is 27.5 Å². The van der Waals surface area contributed by atoms with Crippen molar-refractivity contribution < 1.29 is 9.90 Å². The van der Waals surface area contributed by atoms with E-state index >= 15 is 0 Å². The molecule has 0 fully saturated rings. The molecule has 0 amide bonds. The Hall–Kier alpha value is -1.09. The van der Waals surface area contributed by atoms with E-state index in [9.17, 15) is 4.79 Å². The molecule has 3 heteroatoms. The Morgan fingerprint density at radius 2 is 2.20 bits per heavy atom. The van der Waals surface area contributed by atoms with Gasteiger partial charge in [0, 0.05) is 4.47 Å². The molecule has 15 heavy (non-hydrogen) atoms. The topological polar surface area (TPSA) is 37.3 Å². The van der Waals surface area contributed by atoms with Crippen LogP contribution in [-0.2, 0) is 4.79 Å². The third-order valence-corrected chi connectivity index (χ3v) is 2.79. The van der Waals surface area contributed by atoms with Crippen LogP contribution in [0.4, 0.5) is 0 Å². The molecule has 0 aromatic heterocycles. The second kappa shape index (κ2) is 5.12. The lowest BCUT2D eigenvalue weighted by molar-refractivity contribution is -0.135. The van der Waals surface area contributed by atoms with Gasteiger partial charge in [0.05, 0.1) is 6.42 Å². The summed E-state index contributed by atoms with van der Waals surface area (Å²) in [7, 11) is 0. The summed E-state index contributed by atoms with van der Waals surface area (Å²) >= 11 is 3.47. The second-order valence-corrected chi connectivity index (χ2v) is 4.32. The van der Waals surface area contributed by atoms with Crippen molar-refractivity contribution in [2.75, 3.05) is 0 Å². The molecule has 0 unspecified atom stereocenters. The fraction of sp³-hybridized carbons (Fsp3) is 0.250. The highest BCUT2D eigenvalue weighted by molar-refractivity contribution is 9.10. The minimum Gasteiger partial charge on any atom is -0.481 e. The maximum atomic E-state index is 10.4. The van der Waals surface area contributed by atoms with Gasteiger partial charge in [0.25, 0.3) is 0 Å². The zero-order valence-corrected chi connectivity index (χ0v) is 10.3. The lowest BCUT2D eigenvalue weighted by Gasteiger charge is -2.05. The average molecular weight is 269 g/mol. The summed E-state index contributed by atoms with van der Waals surface area (Å²) in [6, 6.07) is 6.03. The van der Waals surface area contributed by atoms with E-state index in [0.717, 1.165) is 15.6 Å². The van der Waals surface area contributed by atoms with Crippen LogP contribution < -0.4 is 0 Å². The lowest BCUT2D eigenvalue weighted by atomic mass is 10.0. The summed E-state index contributed by atoms with van der Waals surface area (Å²) < 4.78 is 1.00. The van der Waals surface area contributed by atoms with Gasteiger partial charge in [-0.05, 0) is 36.6 Å². The molecule has 0 saturated carbocycles. The predicted molar refractivity (Wildman–Crippen MR) is 64.8 cm³/mol. The molecule has 0 aliphatic rings. The SMILES string of the molecule is C/C(=C\CC(=O)O)c1ccc(C)cc1Br. The molecule has 0 spiro atoms. The van der Waals surface area contributed by atoms with E-state index in [0.29, 0.717) is 0 Å². The van der Waals surface area contributed by atoms with Crippen molar-refractivity contribution in [3.63, 3.8) is 0 Å². The average Bonchev–Trinajstić information content (AvgIpc) is 2.14. The zero-order valence-electron chi connectivity index (χ0n) is 8.75. The van der Waals surface area contributed by atoms with Crippen LogP contribution in [0.1, 0.15) is 24.5 Å². The Bertz CT molecular complexity index is 408. The van der Waals surface area contributed by atoms with Gasteiger partial charge in [-0.3, -0.25) is 4.79 Å². The number of carboxylic acid groups (broad SMARTS) is 1. The van der Waals surface area contributed by atoms with Crippen LogP contribution in [0.25, 0.3) is 5.57 Å². The summed E-state index contributed by atoms with van der Waals surface area (Å²) in [5.74, 6) is -0.808. The van der Waals surface area contributed by atoms with E-state index in [4.69, 9.17) is 5.11 Å². The smallest absolute Gasteiger partial charge is 0.307 e. The fourth-order valence-electron chi connectivity index (χ4n) is 1.29. The van der Waals surface area contributed by atoms with Crippen LogP contribution in [0.3, 0.4) is 0 Å². The fourth-order valence-corrected chi connectivity index (χ4v) is 2.10. The lowest BCUT2D eigenvalue weighted by Crippen LogP contribution is -1.92. The molecule has 0 aliphatic carbocycles. The molecule has 80 valence electrons. The van der Waals surface area contributed by atoms with Gasteiger partial charge in [-0.2, -0.15) is 0 Å². The van der Waals surface area contributed by atoms with Crippen LogP contribution in [0.2, 0.25) is 0 Å². The standard InChI is InChI=1S/C12H13BrO2/c1-8-3-5-10(11(13)7-8)9(2)4-6-12(14)15/h3-5,7H,6H2,1-2H3,(H,14,15)/b9-4+. The molecule has 0 radical (unpaired) electrons. The highest BCUT2D eigenvalue weighted by Crippen LogP contribution is 2.25. The van der Waals surface area contributed by atoms with Crippen molar-refractivity contribution in [2.24, 2.45) is 0 Å². The van der Waals surface area contributed by atoms with E-state index in [1.54, 1.807) is 6.08 Å². The summed E-state index contributed by atoms with van der Waals surface area (Å²) in [5.41, 5.74) is 3.20. The Morgan fingerprint density at radius 3 is 2.73 bits per heavy atom. The van der Waals surface area contributed by atoms with Crippen molar-refractivity contribution in [2.45, 2.75) is 20.3 Å². The Balaban J connectivity index is 2.95. The predicted octanol–water partition coefficient (Wildman–Crippen LogP) is 3.64. The molecule has 1 N–H and O–H groups in total. The number of aliphatic carboxylic acids is 1. The van der Waals surface area contributed by atoms with Crippen LogP contribution in [0, 0.1) is 6.92 Å². The molecule has 0 aliphatic heterocycles. The molecule has 1 rings (SSSR count). The summed E-state index contributed by atoms with van der Waals surface area (Å²) in [6.07, 6.45) is 1.78. The number of aryl methyl sites for hydroxylation is 1. The molecule has 1 aromatic carbocycles. The first-order valence-corrected chi connectivity index (χ1v) is 5.45. The van der Waals surface area contributed by atoms with Gasteiger partial charge < -0.3 is 5.11 Å². The molecular formula is C12H13BrO2. The van der Waals surface area contributed by atoms with Crippen LogP contribution >= 0.6 is 15.9 Å². The number of halogens is 1. The van der Waals surface area contributed by atoms with Gasteiger partial charge in [-0.25, -0.2) is 0 Å². The molecule has 0 heterocycles. The molecule has 0 bridgehead atoms. The minimum atomic E-state index is -0.808. The third kappa shape index (κ3) is 3.51. The van der Waals surface area contributed by atoms with Gasteiger partial charge in [0.1, 0.15) is 0 Å². The number of carboxylic acids is 1. The monoisotopic (exact) mass is 268 g/mol. The highest BCUT2D eigenvalue weighted by atomic mass is 79.9. The molecule has 0 atom stereocenters. The Kier molecular flexibility index (Phi) is 4.09. The van der Waals surface area contributed by atoms with Gasteiger partial charge in [-0.1, -0.05) is 34.1 Å². The largest absolute Gasteiger partial charge is 0.481 e. The molecular weight excluding hydrogens is 256 g/mol. The van der Waals surface area contributed by atoms with Crippen LogP contribution in [0.15, 0.2) is 28.7 Å². The second-order valence-electron chi connectivity index (χ2n) is 3.47. The summed E-state index contributed by atoms with van der Waals surface area (Å²) in [6.45, 7) is 3.93. The van der Waals surface area contributed by atoms with Gasteiger partial charge >= 0.3 is 5.97 Å². The van der Waals surface area contributed by atoms with E-state index in [-0.39, 0.29) is 6.42 Å². The molecule has 0 saturated heterocycles. The maximum absolute atomic E-state index is 10.4. The quantitative estimate of drug-likeness (QED) is 0.909. The number of allylic oxidation sites excluding steroid dienone is 1. The molecule has 2 nitrogen and oxygen atoms in total. The Labute approximate surface area is 97.8 Å². The maximum Gasteiger partial charge on any atom is 0.307 e. The van der Waals surface area contributed by atoms with Crippen LogP contribution in [-0.4, -0.2) is 11.1 Å². The number of hydrogen-bond acceptors (Lipinski definition) is 1. The van der Waals surface area contributed by atoms with Gasteiger partial charge in [0.15, 0.2) is 0 Å². The first-order valence-electron chi connectivity index (χ1n) is 4.66. The van der Waals surface area contributed by atoms with Crippen molar-refractivity contribution in [3.05, 3.63) is 39.9 Å². The first kappa shape index (κ1) is 12.0. The number of benzene rings is 1. The molecule has 1 aromatic rings. The third-order valence-electron chi connectivity index (χ3n) is 2.13. The van der Waals surface area contributed by atoms with Gasteiger partial charge in [0.2, 0.25) is 0 Å². The highest BCUT2D eigenvalue weighted by Gasteiger charge is 2.02. The number of hydrogen-bond donors (Lipinski definition) is 1. The van der Waals surface area contributed by atoms with E-state index in [2.05, 4.69) is 15.9 Å².